The summed E-state index contributed by atoms with van der Waals surface area (Å²) in [6, 6.07) is 9.33. The van der Waals surface area contributed by atoms with Crippen LogP contribution in [0.4, 0.5) is 0 Å². The highest BCUT2D eigenvalue weighted by atomic mass is 32.2. The van der Waals surface area contributed by atoms with E-state index in [1.165, 1.54) is 7.11 Å². The molecule has 0 saturated heterocycles. The first-order valence-corrected chi connectivity index (χ1v) is 7.59. The molecule has 1 unspecified atom stereocenters. The summed E-state index contributed by atoms with van der Waals surface area (Å²) < 4.78 is 6.82. The summed E-state index contributed by atoms with van der Waals surface area (Å²) in [7, 11) is 3.29. The summed E-state index contributed by atoms with van der Waals surface area (Å²) >= 11 is 1.57. The van der Waals surface area contributed by atoms with Gasteiger partial charge in [-0.1, -0.05) is 42.1 Å². The maximum absolute atomic E-state index is 12.1. The lowest BCUT2D eigenvalue weighted by Crippen LogP contribution is -2.46. The molecular formula is C15H19N3O2S. The van der Waals surface area contributed by atoms with E-state index >= 15 is 0 Å². The van der Waals surface area contributed by atoms with Gasteiger partial charge in [0.2, 0.25) is 0 Å². The van der Waals surface area contributed by atoms with E-state index in [1.807, 2.05) is 48.1 Å². The number of nitrogens with zero attached hydrogens (tertiary/aromatic N) is 2. The number of ether oxygens (including phenoxy) is 1. The number of rotatable bonds is 6. The van der Waals surface area contributed by atoms with Crippen LogP contribution in [0.1, 0.15) is 12.0 Å². The highest BCUT2D eigenvalue weighted by Crippen LogP contribution is 2.27. The topological polar surface area (TPSA) is 70.1 Å². The normalized spacial score (nSPS) is 13.7. The van der Waals surface area contributed by atoms with Crippen LogP contribution < -0.4 is 5.73 Å². The molecule has 0 aliphatic heterocycles. The van der Waals surface area contributed by atoms with Gasteiger partial charge in [-0.3, -0.25) is 0 Å². The van der Waals surface area contributed by atoms with Crippen molar-refractivity contribution in [2.75, 3.05) is 12.9 Å². The Bertz CT molecular complexity index is 600. The lowest BCUT2D eigenvalue weighted by atomic mass is 9.88. The lowest BCUT2D eigenvalue weighted by molar-refractivity contribution is -0.147. The summed E-state index contributed by atoms with van der Waals surface area (Å²) in [6.07, 6.45) is 4.10. The summed E-state index contributed by atoms with van der Waals surface area (Å²) in [5, 5.41) is 0.898. The molecular weight excluding hydrogens is 286 g/mol. The molecule has 0 aliphatic rings. The SMILES string of the molecule is COC(=O)C(N)(CCSc1nccn1C)c1ccccc1. The van der Waals surface area contributed by atoms with E-state index in [0.717, 1.165) is 10.7 Å². The van der Waals surface area contributed by atoms with E-state index < -0.39 is 11.5 Å². The molecule has 1 atom stereocenters. The fraction of sp³-hybridized carbons (Fsp3) is 0.333. The minimum atomic E-state index is -1.13. The lowest BCUT2D eigenvalue weighted by Gasteiger charge is -2.26. The molecule has 0 spiro atoms. The van der Waals surface area contributed by atoms with Gasteiger partial charge in [0.25, 0.3) is 0 Å². The van der Waals surface area contributed by atoms with Gasteiger partial charge in [0, 0.05) is 25.2 Å². The van der Waals surface area contributed by atoms with Crippen molar-refractivity contribution in [3.05, 3.63) is 48.3 Å². The van der Waals surface area contributed by atoms with Crippen LogP contribution in [-0.2, 0) is 22.1 Å². The van der Waals surface area contributed by atoms with Crippen LogP contribution in [0.3, 0.4) is 0 Å². The zero-order chi connectivity index (χ0) is 15.3. The first-order valence-electron chi connectivity index (χ1n) is 6.61. The number of hydrogen-bond donors (Lipinski definition) is 1. The first-order chi connectivity index (χ1) is 10.1. The molecule has 2 rings (SSSR count). The van der Waals surface area contributed by atoms with Gasteiger partial charge < -0.3 is 15.0 Å². The van der Waals surface area contributed by atoms with Gasteiger partial charge in [0.1, 0.15) is 5.54 Å². The number of thioether (sulfide) groups is 1. The van der Waals surface area contributed by atoms with E-state index in [0.29, 0.717) is 12.2 Å². The highest BCUT2D eigenvalue weighted by Gasteiger charge is 2.36. The number of esters is 1. The number of nitrogens with two attached hydrogens (primary N) is 1. The van der Waals surface area contributed by atoms with Crippen molar-refractivity contribution in [2.24, 2.45) is 12.8 Å². The van der Waals surface area contributed by atoms with E-state index in [1.54, 1.807) is 18.0 Å². The zero-order valence-electron chi connectivity index (χ0n) is 12.2. The van der Waals surface area contributed by atoms with Crippen LogP contribution in [0.15, 0.2) is 47.9 Å². The molecule has 0 aliphatic carbocycles. The summed E-state index contributed by atoms with van der Waals surface area (Å²) in [4.78, 5) is 16.4. The average molecular weight is 305 g/mol. The molecule has 112 valence electrons. The Morgan fingerprint density at radius 3 is 2.71 bits per heavy atom. The molecule has 21 heavy (non-hydrogen) atoms. The van der Waals surface area contributed by atoms with E-state index in [9.17, 15) is 4.79 Å². The van der Waals surface area contributed by atoms with Crippen LogP contribution in [0.25, 0.3) is 0 Å². The summed E-state index contributed by atoms with van der Waals surface area (Å²) in [5.74, 6) is 0.250. The third-order valence-corrected chi connectivity index (χ3v) is 4.40. The molecule has 1 aromatic carbocycles. The molecule has 0 radical (unpaired) electrons. The van der Waals surface area contributed by atoms with Crippen molar-refractivity contribution in [1.82, 2.24) is 9.55 Å². The van der Waals surface area contributed by atoms with E-state index in [4.69, 9.17) is 10.5 Å². The average Bonchev–Trinajstić information content (AvgIpc) is 2.92. The van der Waals surface area contributed by atoms with Gasteiger partial charge in [-0.25, -0.2) is 9.78 Å². The fourth-order valence-corrected chi connectivity index (χ4v) is 3.08. The molecule has 0 saturated carbocycles. The predicted molar refractivity (Wildman–Crippen MR) is 82.9 cm³/mol. The molecule has 0 amide bonds. The number of carbonyl (C=O) groups excluding carboxylic acids is 1. The quantitative estimate of drug-likeness (QED) is 0.652. The minimum Gasteiger partial charge on any atom is -0.467 e. The van der Waals surface area contributed by atoms with Crippen molar-refractivity contribution in [3.8, 4) is 0 Å². The monoisotopic (exact) mass is 305 g/mol. The number of hydrogen-bond acceptors (Lipinski definition) is 5. The number of benzene rings is 1. The molecule has 6 heteroatoms. The van der Waals surface area contributed by atoms with Gasteiger partial charge in [0.05, 0.1) is 7.11 Å². The van der Waals surface area contributed by atoms with Gasteiger partial charge >= 0.3 is 5.97 Å². The predicted octanol–water partition coefficient (Wildman–Crippen LogP) is 1.93. The Kier molecular flexibility index (Phi) is 5.03. The number of carbonyl (C=O) groups is 1. The van der Waals surface area contributed by atoms with Crippen molar-refractivity contribution < 1.29 is 9.53 Å². The molecule has 2 N–H and O–H groups in total. The molecule has 0 fully saturated rings. The van der Waals surface area contributed by atoms with E-state index in [2.05, 4.69) is 4.98 Å². The van der Waals surface area contributed by atoms with Gasteiger partial charge in [-0.05, 0) is 12.0 Å². The second-order valence-electron chi connectivity index (χ2n) is 4.75. The maximum Gasteiger partial charge on any atom is 0.330 e. The summed E-state index contributed by atoms with van der Waals surface area (Å²) in [6.45, 7) is 0. The van der Waals surface area contributed by atoms with Gasteiger partial charge in [-0.15, -0.1) is 0 Å². The van der Waals surface area contributed by atoms with Crippen LogP contribution in [-0.4, -0.2) is 28.4 Å². The number of aromatic nitrogens is 2. The van der Waals surface area contributed by atoms with Crippen molar-refractivity contribution in [3.63, 3.8) is 0 Å². The Morgan fingerprint density at radius 2 is 2.14 bits per heavy atom. The molecule has 5 nitrogen and oxygen atoms in total. The number of imidazole rings is 1. The largest absolute Gasteiger partial charge is 0.467 e. The standard InChI is InChI=1S/C15H19N3O2S/c1-18-10-9-17-14(18)21-11-8-15(16,13(19)20-2)12-6-4-3-5-7-12/h3-7,9-10H,8,11,16H2,1-2H3. The molecule has 0 bridgehead atoms. The zero-order valence-corrected chi connectivity index (χ0v) is 13.0. The van der Waals surface area contributed by atoms with Crippen LogP contribution in [0.5, 0.6) is 0 Å². The molecule has 1 heterocycles. The smallest absolute Gasteiger partial charge is 0.330 e. The first kappa shape index (κ1) is 15.6. The van der Waals surface area contributed by atoms with E-state index in [-0.39, 0.29) is 0 Å². The Labute approximate surface area is 128 Å². The molecule has 1 aromatic heterocycles. The van der Waals surface area contributed by atoms with Crippen molar-refractivity contribution in [2.45, 2.75) is 17.1 Å². The minimum absolute atomic E-state index is 0.422. The molecule has 2 aromatic rings. The number of aryl methyl sites for hydroxylation is 1. The van der Waals surface area contributed by atoms with Crippen LogP contribution in [0, 0.1) is 0 Å². The second-order valence-corrected chi connectivity index (χ2v) is 5.81. The Morgan fingerprint density at radius 1 is 1.43 bits per heavy atom. The second kappa shape index (κ2) is 6.78. The van der Waals surface area contributed by atoms with Gasteiger partial charge in [0.15, 0.2) is 5.16 Å². The number of methoxy groups -OCH3 is 1. The van der Waals surface area contributed by atoms with Gasteiger partial charge in [-0.2, -0.15) is 0 Å². The van der Waals surface area contributed by atoms with Crippen molar-refractivity contribution in [1.29, 1.82) is 0 Å². The summed E-state index contributed by atoms with van der Waals surface area (Å²) in [5.41, 5.74) is 5.97. The Balaban J connectivity index is 2.10. The fourth-order valence-electron chi connectivity index (χ4n) is 2.08. The van der Waals surface area contributed by atoms with Crippen LogP contribution in [0.2, 0.25) is 0 Å². The Hall–Kier alpha value is -1.79. The third-order valence-electron chi connectivity index (χ3n) is 3.34. The van der Waals surface area contributed by atoms with Crippen molar-refractivity contribution >= 4 is 17.7 Å². The maximum atomic E-state index is 12.1. The highest BCUT2D eigenvalue weighted by molar-refractivity contribution is 7.99. The third kappa shape index (κ3) is 3.46. The van der Waals surface area contributed by atoms with Crippen LogP contribution >= 0.6 is 11.8 Å².